The highest BCUT2D eigenvalue weighted by atomic mass is 32.2. The van der Waals surface area contributed by atoms with Crippen LogP contribution in [0.5, 0.6) is 0 Å². The summed E-state index contributed by atoms with van der Waals surface area (Å²) in [5.41, 5.74) is 5.75. The lowest BCUT2D eigenvalue weighted by Crippen LogP contribution is -2.63. The van der Waals surface area contributed by atoms with Crippen LogP contribution in [-0.2, 0) is 9.59 Å². The molecule has 3 heterocycles. The summed E-state index contributed by atoms with van der Waals surface area (Å²) in [7, 11) is 0. The van der Waals surface area contributed by atoms with Crippen LogP contribution in [0, 0.1) is 23.2 Å². The minimum absolute atomic E-state index is 0.0731. The first-order valence-electron chi connectivity index (χ1n) is 9.93. The van der Waals surface area contributed by atoms with Gasteiger partial charge in [-0.05, 0) is 26.2 Å². The number of nitrogens with one attached hydrogen (secondary N) is 1. The molecule has 1 aliphatic carbocycles. The largest absolute Gasteiger partial charge is 0.477 e. The van der Waals surface area contributed by atoms with Gasteiger partial charge < -0.3 is 20.8 Å². The van der Waals surface area contributed by atoms with Crippen LogP contribution in [-0.4, -0.2) is 74.3 Å². The minimum Gasteiger partial charge on any atom is -0.477 e. The fourth-order valence-corrected chi connectivity index (χ4v) is 6.81. The number of aliphatic hydroxyl groups is 1. The SMILES string of the molecule is C[C@@H](O)[C@H]1C(=O)N2C(C(=O)O)=C(SC3CN([C@H]4CC[C@H](C(=N)N)C4)C3)[C@H](C)[C@H]12. The molecule has 0 aromatic heterocycles. The molecule has 3 aliphatic heterocycles. The van der Waals surface area contributed by atoms with Crippen molar-refractivity contribution >= 4 is 29.5 Å². The molecule has 0 radical (unpaired) electrons. The predicted molar refractivity (Wildman–Crippen MR) is 106 cm³/mol. The Morgan fingerprint density at radius 3 is 2.57 bits per heavy atom. The van der Waals surface area contributed by atoms with Gasteiger partial charge in [-0.2, -0.15) is 0 Å². The third-order valence-corrected chi connectivity index (χ3v) is 8.29. The molecule has 5 N–H and O–H groups in total. The third-order valence-electron chi connectivity index (χ3n) is 6.84. The van der Waals surface area contributed by atoms with Crippen LogP contribution >= 0.6 is 11.8 Å². The molecule has 28 heavy (non-hydrogen) atoms. The number of thioether (sulfide) groups is 1. The lowest BCUT2D eigenvalue weighted by atomic mass is 9.79. The van der Waals surface area contributed by atoms with Gasteiger partial charge in [0.15, 0.2) is 0 Å². The van der Waals surface area contributed by atoms with Gasteiger partial charge in [0, 0.05) is 41.1 Å². The maximum Gasteiger partial charge on any atom is 0.353 e. The number of amidine groups is 1. The summed E-state index contributed by atoms with van der Waals surface area (Å²) in [6.07, 6.45) is 2.19. The molecule has 4 aliphatic rings. The van der Waals surface area contributed by atoms with Gasteiger partial charge in [0.2, 0.25) is 5.91 Å². The first kappa shape index (κ1) is 19.7. The monoisotopic (exact) mass is 408 g/mol. The molecule has 154 valence electrons. The molecule has 1 saturated carbocycles. The van der Waals surface area contributed by atoms with Crippen molar-refractivity contribution in [2.24, 2.45) is 23.5 Å². The molecule has 6 atom stereocenters. The van der Waals surface area contributed by atoms with E-state index in [1.807, 2.05) is 6.92 Å². The molecular formula is C19H28N4O4S. The number of hydrogen-bond acceptors (Lipinski definition) is 6. The van der Waals surface area contributed by atoms with Gasteiger partial charge in [-0.3, -0.25) is 15.1 Å². The molecule has 4 rings (SSSR count). The predicted octanol–water partition coefficient (Wildman–Crippen LogP) is 0.662. The van der Waals surface area contributed by atoms with Crippen molar-refractivity contribution in [1.29, 1.82) is 5.41 Å². The first-order valence-corrected chi connectivity index (χ1v) is 10.8. The van der Waals surface area contributed by atoms with Crippen molar-refractivity contribution in [2.45, 2.75) is 56.5 Å². The second kappa shape index (κ2) is 7.03. The second-order valence-corrected chi connectivity index (χ2v) is 9.93. The number of amides is 1. The van der Waals surface area contributed by atoms with E-state index in [0.717, 1.165) is 37.3 Å². The number of carboxylic acid groups (broad SMARTS) is 1. The number of nitrogens with zero attached hydrogens (tertiary/aromatic N) is 2. The maximum absolute atomic E-state index is 12.4. The summed E-state index contributed by atoms with van der Waals surface area (Å²) in [5.74, 6) is -1.45. The van der Waals surface area contributed by atoms with Crippen LogP contribution in [0.15, 0.2) is 10.6 Å². The smallest absolute Gasteiger partial charge is 0.353 e. The zero-order valence-electron chi connectivity index (χ0n) is 16.2. The van der Waals surface area contributed by atoms with Crippen LogP contribution < -0.4 is 5.73 Å². The number of nitrogens with two attached hydrogens (primary N) is 1. The number of aliphatic carboxylic acids is 1. The third kappa shape index (κ3) is 2.95. The summed E-state index contributed by atoms with van der Waals surface area (Å²) in [5, 5.41) is 27.6. The van der Waals surface area contributed by atoms with E-state index in [2.05, 4.69) is 4.90 Å². The zero-order valence-corrected chi connectivity index (χ0v) is 17.0. The average Bonchev–Trinajstić information content (AvgIpc) is 3.13. The Morgan fingerprint density at radius 1 is 1.36 bits per heavy atom. The van der Waals surface area contributed by atoms with Crippen LogP contribution in [0.3, 0.4) is 0 Å². The lowest BCUT2D eigenvalue weighted by molar-refractivity contribution is -0.163. The fourth-order valence-electron chi connectivity index (χ4n) is 5.27. The van der Waals surface area contributed by atoms with E-state index >= 15 is 0 Å². The molecule has 0 unspecified atom stereocenters. The normalized spacial score (nSPS) is 36.9. The Morgan fingerprint density at radius 2 is 2.04 bits per heavy atom. The fraction of sp³-hybridized carbons (Fsp3) is 0.737. The van der Waals surface area contributed by atoms with Gasteiger partial charge >= 0.3 is 5.97 Å². The van der Waals surface area contributed by atoms with E-state index < -0.39 is 18.0 Å². The molecule has 2 saturated heterocycles. The topological polar surface area (TPSA) is 131 Å². The van der Waals surface area contributed by atoms with E-state index in [9.17, 15) is 19.8 Å². The second-order valence-electron chi connectivity index (χ2n) is 8.58. The van der Waals surface area contributed by atoms with Crippen LogP contribution in [0.1, 0.15) is 33.1 Å². The summed E-state index contributed by atoms with van der Waals surface area (Å²) in [6, 6.07) is 0.212. The Balaban J connectivity index is 1.41. The van der Waals surface area contributed by atoms with E-state index in [4.69, 9.17) is 11.1 Å². The summed E-state index contributed by atoms with van der Waals surface area (Å²) in [6.45, 7) is 5.34. The Hall–Kier alpha value is -1.58. The molecule has 0 spiro atoms. The van der Waals surface area contributed by atoms with Crippen LogP contribution in [0.25, 0.3) is 0 Å². The molecule has 1 amide bonds. The Bertz CT molecular complexity index is 748. The maximum atomic E-state index is 12.4. The van der Waals surface area contributed by atoms with Gasteiger partial charge in [-0.1, -0.05) is 6.92 Å². The van der Waals surface area contributed by atoms with Crippen molar-refractivity contribution in [3.05, 3.63) is 10.6 Å². The number of carbonyl (C=O) groups excluding carboxylic acids is 1. The number of carbonyl (C=O) groups is 2. The van der Waals surface area contributed by atoms with Crippen molar-refractivity contribution in [1.82, 2.24) is 9.80 Å². The first-order chi connectivity index (χ1) is 13.2. The van der Waals surface area contributed by atoms with Crippen LogP contribution in [0.2, 0.25) is 0 Å². The highest BCUT2D eigenvalue weighted by Gasteiger charge is 2.60. The molecule has 0 aromatic rings. The molecule has 0 bridgehead atoms. The number of aliphatic hydroxyl groups excluding tert-OH is 1. The highest BCUT2D eigenvalue weighted by Crippen LogP contribution is 2.52. The number of carboxylic acids is 1. The molecule has 0 aromatic carbocycles. The van der Waals surface area contributed by atoms with Crippen LogP contribution in [0.4, 0.5) is 0 Å². The van der Waals surface area contributed by atoms with Gasteiger partial charge in [0.25, 0.3) is 0 Å². The van der Waals surface area contributed by atoms with Gasteiger partial charge in [0.05, 0.1) is 23.9 Å². The van der Waals surface area contributed by atoms with Crippen molar-refractivity contribution in [3.63, 3.8) is 0 Å². The Kier molecular flexibility index (Phi) is 4.96. The number of fused-ring (bicyclic) bond motifs is 1. The van der Waals surface area contributed by atoms with Gasteiger partial charge in [0.1, 0.15) is 5.70 Å². The van der Waals surface area contributed by atoms with E-state index in [-0.39, 0.29) is 35.3 Å². The molecule has 9 heteroatoms. The van der Waals surface area contributed by atoms with Gasteiger partial charge in [-0.15, -0.1) is 11.8 Å². The highest BCUT2D eigenvalue weighted by molar-refractivity contribution is 8.03. The lowest BCUT2D eigenvalue weighted by Gasteiger charge is -2.46. The van der Waals surface area contributed by atoms with Gasteiger partial charge in [-0.25, -0.2) is 4.79 Å². The van der Waals surface area contributed by atoms with Crippen molar-refractivity contribution in [2.75, 3.05) is 13.1 Å². The number of hydrogen-bond donors (Lipinski definition) is 4. The standard InChI is InChI=1S/C19H28N4O4S/c1-8-14-13(9(2)24)18(25)23(14)15(19(26)27)16(8)28-12-6-22(7-12)11-4-3-10(5-11)17(20)21/h8-14,24H,3-7H2,1-2H3,(H3,20,21)(H,26,27)/t8-,9-,10+,11+,13-,14-/m1/s1. The zero-order chi connectivity index (χ0) is 20.3. The average molecular weight is 409 g/mol. The van der Waals surface area contributed by atoms with Crippen molar-refractivity contribution < 1.29 is 19.8 Å². The van der Waals surface area contributed by atoms with E-state index in [0.29, 0.717) is 11.3 Å². The van der Waals surface area contributed by atoms with E-state index in [1.54, 1.807) is 18.7 Å². The van der Waals surface area contributed by atoms with E-state index in [1.165, 1.54) is 4.90 Å². The Labute approximate surface area is 168 Å². The summed E-state index contributed by atoms with van der Waals surface area (Å²) in [4.78, 5) is 28.8. The minimum atomic E-state index is -1.06. The molecule has 3 fully saturated rings. The number of likely N-dealkylation sites (tertiary alicyclic amines) is 1. The molecular weight excluding hydrogens is 380 g/mol. The number of β-lactam (4-membered cyclic amide) rings is 1. The molecule has 8 nitrogen and oxygen atoms in total. The van der Waals surface area contributed by atoms with Crippen molar-refractivity contribution in [3.8, 4) is 0 Å². The quantitative estimate of drug-likeness (QED) is 0.288. The summed E-state index contributed by atoms with van der Waals surface area (Å²) >= 11 is 1.59. The number of rotatable bonds is 6. The summed E-state index contributed by atoms with van der Waals surface area (Å²) < 4.78 is 0.